The Morgan fingerprint density at radius 3 is 2.62 bits per heavy atom. The van der Waals surface area contributed by atoms with Crippen LogP contribution < -0.4 is 15.8 Å². The first-order valence-corrected chi connectivity index (χ1v) is 8.54. The lowest BCUT2D eigenvalue weighted by Gasteiger charge is -2.26. The lowest BCUT2D eigenvalue weighted by molar-refractivity contribution is -0.124. The molecule has 1 heterocycles. The van der Waals surface area contributed by atoms with Crippen molar-refractivity contribution in [3.63, 3.8) is 0 Å². The molecule has 3 N–H and O–H groups in total. The van der Waals surface area contributed by atoms with Gasteiger partial charge in [0, 0.05) is 31.9 Å². The number of carbonyl (C=O) groups is 1. The second kappa shape index (κ2) is 13.2. The third-order valence-corrected chi connectivity index (χ3v) is 4.30. The van der Waals surface area contributed by atoms with Gasteiger partial charge in [0.1, 0.15) is 12.4 Å². The number of ether oxygens (including phenoxy) is 2. The van der Waals surface area contributed by atoms with Crippen LogP contribution in [-0.4, -0.2) is 57.3 Å². The van der Waals surface area contributed by atoms with Crippen molar-refractivity contribution in [2.24, 2.45) is 11.7 Å². The van der Waals surface area contributed by atoms with Crippen LogP contribution in [0.25, 0.3) is 0 Å². The number of rotatable bonds is 8. The predicted octanol–water partition coefficient (Wildman–Crippen LogP) is 1.84. The Kier molecular flexibility index (Phi) is 12.6. The first kappa shape index (κ1) is 24.9. The van der Waals surface area contributed by atoms with Gasteiger partial charge in [0.05, 0.1) is 6.04 Å². The molecule has 0 radical (unpaired) electrons. The van der Waals surface area contributed by atoms with Gasteiger partial charge >= 0.3 is 0 Å². The molecule has 1 amide bonds. The summed E-state index contributed by atoms with van der Waals surface area (Å²) in [6, 6.07) is 7.29. The summed E-state index contributed by atoms with van der Waals surface area (Å²) in [4.78, 5) is 14.4. The van der Waals surface area contributed by atoms with Gasteiger partial charge < -0.3 is 25.4 Å². The summed E-state index contributed by atoms with van der Waals surface area (Å²) in [5.41, 5.74) is 7.07. The molecule has 8 heteroatoms. The molecule has 1 fully saturated rings. The molecule has 2 rings (SSSR count). The van der Waals surface area contributed by atoms with Gasteiger partial charge in [-0.1, -0.05) is 18.2 Å². The van der Waals surface area contributed by atoms with Crippen LogP contribution in [0, 0.1) is 5.92 Å². The number of nitrogens with zero attached hydrogens (tertiary/aromatic N) is 1. The van der Waals surface area contributed by atoms with Gasteiger partial charge in [0.2, 0.25) is 5.91 Å². The Bertz CT molecular complexity index is 526. The fourth-order valence-corrected chi connectivity index (χ4v) is 2.72. The number of nitrogens with two attached hydrogens (primary N) is 1. The largest absolute Gasteiger partial charge is 0.492 e. The van der Waals surface area contributed by atoms with E-state index in [2.05, 4.69) is 10.2 Å². The maximum atomic E-state index is 12.3. The predicted molar refractivity (Wildman–Crippen MR) is 108 cm³/mol. The van der Waals surface area contributed by atoms with Gasteiger partial charge in [-0.3, -0.25) is 4.79 Å². The van der Waals surface area contributed by atoms with Crippen molar-refractivity contribution < 1.29 is 14.3 Å². The highest BCUT2D eigenvalue weighted by Gasteiger charge is 2.26. The maximum absolute atomic E-state index is 12.3. The third kappa shape index (κ3) is 8.10. The summed E-state index contributed by atoms with van der Waals surface area (Å²) in [6.45, 7) is 3.26. The smallest absolute Gasteiger partial charge is 0.237 e. The zero-order valence-corrected chi connectivity index (χ0v) is 17.1. The summed E-state index contributed by atoms with van der Waals surface area (Å²) in [5, 5.41) is 2.94. The molecule has 6 nitrogen and oxygen atoms in total. The topological polar surface area (TPSA) is 76.8 Å². The summed E-state index contributed by atoms with van der Waals surface area (Å²) in [7, 11) is 4.01. The molecular formula is C18H31Cl2N3O3. The zero-order chi connectivity index (χ0) is 17.4. The van der Waals surface area contributed by atoms with Crippen LogP contribution in [0.4, 0.5) is 0 Å². The van der Waals surface area contributed by atoms with Crippen LogP contribution in [0.5, 0.6) is 5.75 Å². The number of amides is 1. The minimum atomic E-state index is -0.476. The monoisotopic (exact) mass is 407 g/mol. The van der Waals surface area contributed by atoms with E-state index in [1.165, 1.54) is 0 Å². The number of hydrogen-bond donors (Lipinski definition) is 2. The zero-order valence-electron chi connectivity index (χ0n) is 15.5. The maximum Gasteiger partial charge on any atom is 0.237 e. The fraction of sp³-hybridized carbons (Fsp3) is 0.611. The van der Waals surface area contributed by atoms with Crippen molar-refractivity contribution in [2.45, 2.75) is 25.4 Å². The van der Waals surface area contributed by atoms with Gasteiger partial charge in [-0.15, -0.1) is 24.8 Å². The van der Waals surface area contributed by atoms with E-state index in [0.717, 1.165) is 30.7 Å². The van der Waals surface area contributed by atoms with E-state index >= 15 is 0 Å². The molecule has 0 aromatic heterocycles. The molecule has 0 aliphatic carbocycles. The summed E-state index contributed by atoms with van der Waals surface area (Å²) < 4.78 is 11.1. The van der Waals surface area contributed by atoms with Crippen molar-refractivity contribution in [2.75, 3.05) is 40.5 Å². The number of para-hydroxylation sites is 1. The number of halogens is 2. The van der Waals surface area contributed by atoms with Crippen LogP contribution in [0.3, 0.4) is 0 Å². The van der Waals surface area contributed by atoms with Gasteiger partial charge in [-0.05, 0) is 38.9 Å². The van der Waals surface area contributed by atoms with Crippen molar-refractivity contribution in [1.29, 1.82) is 0 Å². The lowest BCUT2D eigenvalue weighted by Crippen LogP contribution is -2.46. The Hall–Kier alpha value is -1.05. The van der Waals surface area contributed by atoms with E-state index in [1.54, 1.807) is 0 Å². The number of carbonyl (C=O) groups excluding carboxylic acids is 1. The molecule has 1 unspecified atom stereocenters. The SMILES string of the molecule is CN(C)CCOc1ccccc1CNC(=O)C(N)C1CCOCC1.Cl.Cl. The Labute approximate surface area is 168 Å². The average molecular weight is 408 g/mol. The molecule has 1 aliphatic heterocycles. The molecule has 150 valence electrons. The van der Waals surface area contributed by atoms with Crippen molar-refractivity contribution in [1.82, 2.24) is 10.2 Å². The molecule has 26 heavy (non-hydrogen) atoms. The van der Waals surface area contributed by atoms with Crippen LogP contribution in [-0.2, 0) is 16.1 Å². The first-order valence-electron chi connectivity index (χ1n) is 8.54. The Balaban J connectivity index is 0.00000312. The normalized spacial score (nSPS) is 15.5. The summed E-state index contributed by atoms with van der Waals surface area (Å²) >= 11 is 0. The number of benzene rings is 1. The molecule has 1 aromatic rings. The second-order valence-corrected chi connectivity index (χ2v) is 6.45. The molecule has 1 atom stereocenters. The summed E-state index contributed by atoms with van der Waals surface area (Å²) in [5.74, 6) is 0.898. The molecule has 0 spiro atoms. The van der Waals surface area contributed by atoms with Crippen LogP contribution >= 0.6 is 24.8 Å². The molecule has 0 bridgehead atoms. The molecular weight excluding hydrogens is 377 g/mol. The van der Waals surface area contributed by atoms with Crippen LogP contribution in [0.1, 0.15) is 18.4 Å². The van der Waals surface area contributed by atoms with Gasteiger partial charge in [-0.2, -0.15) is 0 Å². The van der Waals surface area contributed by atoms with Gasteiger partial charge in [0.15, 0.2) is 0 Å². The highest BCUT2D eigenvalue weighted by Crippen LogP contribution is 2.19. The van der Waals surface area contributed by atoms with Crippen LogP contribution in [0.2, 0.25) is 0 Å². The van der Waals surface area contributed by atoms with E-state index in [4.69, 9.17) is 15.2 Å². The average Bonchev–Trinajstić information content (AvgIpc) is 2.60. The number of hydrogen-bond acceptors (Lipinski definition) is 5. The van der Waals surface area contributed by atoms with E-state index in [9.17, 15) is 4.79 Å². The number of likely N-dealkylation sites (N-methyl/N-ethyl adjacent to an activating group) is 1. The van der Waals surface area contributed by atoms with Crippen LogP contribution in [0.15, 0.2) is 24.3 Å². The number of nitrogens with one attached hydrogen (secondary N) is 1. The minimum Gasteiger partial charge on any atom is -0.492 e. The van der Waals surface area contributed by atoms with Gasteiger partial charge in [0.25, 0.3) is 0 Å². The lowest BCUT2D eigenvalue weighted by atomic mass is 9.92. The minimum absolute atomic E-state index is 0. The van der Waals surface area contributed by atoms with E-state index < -0.39 is 6.04 Å². The summed E-state index contributed by atoms with van der Waals surface area (Å²) in [6.07, 6.45) is 1.69. The molecule has 1 saturated heterocycles. The molecule has 0 saturated carbocycles. The van der Waals surface area contributed by atoms with Crippen molar-refractivity contribution >= 4 is 30.7 Å². The van der Waals surface area contributed by atoms with E-state index in [-0.39, 0.29) is 36.6 Å². The highest BCUT2D eigenvalue weighted by atomic mass is 35.5. The highest BCUT2D eigenvalue weighted by molar-refractivity contribution is 5.85. The van der Waals surface area contributed by atoms with Crippen molar-refractivity contribution in [3.8, 4) is 5.75 Å². The van der Waals surface area contributed by atoms with Crippen molar-refractivity contribution in [3.05, 3.63) is 29.8 Å². The molecule has 1 aliphatic rings. The van der Waals surface area contributed by atoms with Gasteiger partial charge in [-0.25, -0.2) is 0 Å². The Morgan fingerprint density at radius 2 is 1.96 bits per heavy atom. The first-order chi connectivity index (χ1) is 11.6. The second-order valence-electron chi connectivity index (χ2n) is 6.45. The van der Waals surface area contributed by atoms with E-state index in [1.807, 2.05) is 38.4 Å². The molecule has 1 aromatic carbocycles. The van der Waals surface area contributed by atoms with E-state index in [0.29, 0.717) is 26.4 Å². The fourth-order valence-electron chi connectivity index (χ4n) is 2.72. The quantitative estimate of drug-likeness (QED) is 0.687. The standard InChI is InChI=1S/C18H29N3O3.2ClH/c1-21(2)9-12-24-16-6-4-3-5-15(16)13-20-18(22)17(19)14-7-10-23-11-8-14;;/h3-6,14,17H,7-13,19H2,1-2H3,(H,20,22);2*1H. The Morgan fingerprint density at radius 1 is 1.31 bits per heavy atom. The third-order valence-electron chi connectivity index (χ3n) is 4.30.